The molecule has 7 heteroatoms. The van der Waals surface area contributed by atoms with Gasteiger partial charge in [0.05, 0.1) is 11.5 Å². The summed E-state index contributed by atoms with van der Waals surface area (Å²) >= 11 is 0. The maximum Gasteiger partial charge on any atom is 0.273 e. The van der Waals surface area contributed by atoms with E-state index in [1.165, 1.54) is 12.1 Å². The molecule has 0 radical (unpaired) electrons. The van der Waals surface area contributed by atoms with Crippen LogP contribution in [0.3, 0.4) is 0 Å². The molecule has 1 N–H and O–H groups in total. The van der Waals surface area contributed by atoms with E-state index < -0.39 is 4.92 Å². The minimum Gasteiger partial charge on any atom is -0.388 e. The van der Waals surface area contributed by atoms with Crippen molar-refractivity contribution >= 4 is 23.0 Å². The molecule has 1 heterocycles. The van der Waals surface area contributed by atoms with Crippen molar-refractivity contribution in [3.05, 3.63) is 28.3 Å². The molecule has 0 unspecified atom stereocenters. The highest BCUT2D eigenvalue weighted by molar-refractivity contribution is 5.82. The predicted octanol–water partition coefficient (Wildman–Crippen LogP) is 1.30. The summed E-state index contributed by atoms with van der Waals surface area (Å²) in [5, 5.41) is 13.9. The predicted molar refractivity (Wildman–Crippen MR) is 77.1 cm³/mol. The van der Waals surface area contributed by atoms with Gasteiger partial charge >= 0.3 is 0 Å². The summed E-state index contributed by atoms with van der Waals surface area (Å²) in [6.07, 6.45) is 0.847. The Kier molecular flexibility index (Phi) is 4.07. The summed E-state index contributed by atoms with van der Waals surface area (Å²) in [6.45, 7) is 1.67. The second kappa shape index (κ2) is 5.77. The molecule has 2 rings (SSSR count). The maximum atomic E-state index is 11.9. The van der Waals surface area contributed by atoms with Crippen LogP contribution in [0.5, 0.6) is 0 Å². The zero-order valence-corrected chi connectivity index (χ0v) is 11.6. The number of rotatable bonds is 3. The number of amides is 1. The van der Waals surface area contributed by atoms with E-state index in [-0.39, 0.29) is 18.1 Å². The second-order valence-corrected chi connectivity index (χ2v) is 4.84. The summed E-state index contributed by atoms with van der Waals surface area (Å²) in [7, 11) is 3.49. The highest BCUT2D eigenvalue weighted by Gasteiger charge is 2.21. The Morgan fingerprint density at radius 3 is 2.70 bits per heavy atom. The first kappa shape index (κ1) is 14.1. The lowest BCUT2D eigenvalue weighted by Crippen LogP contribution is -2.34. The fraction of sp³-hybridized carbons (Fsp3) is 0.462. The molecule has 1 saturated heterocycles. The van der Waals surface area contributed by atoms with Gasteiger partial charge in [-0.15, -0.1) is 0 Å². The van der Waals surface area contributed by atoms with Crippen molar-refractivity contribution < 1.29 is 9.72 Å². The first-order valence-electron chi connectivity index (χ1n) is 6.47. The first-order valence-corrected chi connectivity index (χ1v) is 6.47. The van der Waals surface area contributed by atoms with Crippen LogP contribution in [0.2, 0.25) is 0 Å². The Morgan fingerprint density at radius 1 is 1.30 bits per heavy atom. The van der Waals surface area contributed by atoms with Crippen molar-refractivity contribution in [1.29, 1.82) is 0 Å². The van der Waals surface area contributed by atoms with Gasteiger partial charge in [0.15, 0.2) is 0 Å². The molecule has 1 aromatic carbocycles. The topological polar surface area (TPSA) is 78.7 Å². The fourth-order valence-corrected chi connectivity index (χ4v) is 2.23. The molecule has 1 fully saturated rings. The summed E-state index contributed by atoms with van der Waals surface area (Å²) in [4.78, 5) is 26.0. The van der Waals surface area contributed by atoms with Crippen molar-refractivity contribution in [3.63, 3.8) is 0 Å². The van der Waals surface area contributed by atoms with Crippen LogP contribution in [0.1, 0.15) is 6.42 Å². The summed E-state index contributed by atoms with van der Waals surface area (Å²) in [5.74, 6) is 0.0278. The summed E-state index contributed by atoms with van der Waals surface area (Å²) in [6, 6.07) is 4.82. The molecule has 7 nitrogen and oxygen atoms in total. The minimum absolute atomic E-state index is 0.0249. The molecule has 0 aliphatic carbocycles. The van der Waals surface area contributed by atoms with Gasteiger partial charge < -0.3 is 15.1 Å². The van der Waals surface area contributed by atoms with Gasteiger partial charge in [-0.2, -0.15) is 0 Å². The van der Waals surface area contributed by atoms with Gasteiger partial charge in [-0.25, -0.2) is 0 Å². The number of hydrogen-bond donors (Lipinski definition) is 1. The molecule has 0 spiro atoms. The number of nitro groups is 1. The highest BCUT2D eigenvalue weighted by Crippen LogP contribution is 2.27. The van der Waals surface area contributed by atoms with E-state index in [1.54, 1.807) is 19.0 Å². The molecule has 0 atom stereocenters. The van der Waals surface area contributed by atoms with Gasteiger partial charge in [-0.1, -0.05) is 0 Å². The van der Waals surface area contributed by atoms with Gasteiger partial charge in [0, 0.05) is 50.7 Å². The van der Waals surface area contributed by atoms with Crippen LogP contribution in [-0.4, -0.2) is 49.5 Å². The third-order valence-corrected chi connectivity index (χ3v) is 3.44. The monoisotopic (exact) mass is 278 g/mol. The lowest BCUT2D eigenvalue weighted by atomic mass is 10.2. The summed E-state index contributed by atoms with van der Waals surface area (Å²) < 4.78 is 0. The molecule has 1 aliphatic rings. The van der Waals surface area contributed by atoms with Crippen LogP contribution >= 0.6 is 0 Å². The Balaban J connectivity index is 2.33. The van der Waals surface area contributed by atoms with Gasteiger partial charge in [0.25, 0.3) is 5.69 Å². The fourth-order valence-electron chi connectivity index (χ4n) is 2.23. The molecule has 20 heavy (non-hydrogen) atoms. The van der Waals surface area contributed by atoms with E-state index in [1.807, 2.05) is 11.0 Å². The van der Waals surface area contributed by atoms with Gasteiger partial charge in [0.2, 0.25) is 5.91 Å². The number of carbonyl (C=O) groups excluding carboxylic acids is 1. The molecular weight excluding hydrogens is 260 g/mol. The average Bonchev–Trinajstić information content (AvgIpc) is 2.60. The van der Waals surface area contributed by atoms with Crippen molar-refractivity contribution in [1.82, 2.24) is 4.90 Å². The molecule has 1 aliphatic heterocycles. The van der Waals surface area contributed by atoms with Crippen molar-refractivity contribution in [2.24, 2.45) is 0 Å². The van der Waals surface area contributed by atoms with Crippen LogP contribution < -0.4 is 10.2 Å². The molecule has 0 saturated carbocycles. The maximum absolute atomic E-state index is 11.9. The van der Waals surface area contributed by atoms with E-state index in [4.69, 9.17) is 0 Å². The number of carbonyl (C=O) groups is 1. The third kappa shape index (κ3) is 2.98. The van der Waals surface area contributed by atoms with Crippen molar-refractivity contribution in [3.8, 4) is 0 Å². The largest absolute Gasteiger partial charge is 0.388 e. The molecule has 0 aromatic heterocycles. The number of anilines is 2. The Hall–Kier alpha value is -2.31. The van der Waals surface area contributed by atoms with Gasteiger partial charge in [-0.05, 0) is 12.5 Å². The van der Waals surface area contributed by atoms with Crippen LogP contribution in [0, 0.1) is 10.1 Å². The van der Waals surface area contributed by atoms with E-state index in [9.17, 15) is 14.9 Å². The van der Waals surface area contributed by atoms with Gasteiger partial charge in [0.1, 0.15) is 0 Å². The summed E-state index contributed by atoms with van der Waals surface area (Å²) in [5.41, 5.74) is 1.39. The number of non-ortho nitro benzene ring substituents is 1. The molecule has 1 aromatic rings. The number of benzene rings is 1. The first-order chi connectivity index (χ1) is 9.51. The van der Waals surface area contributed by atoms with E-state index in [0.29, 0.717) is 24.5 Å². The number of nitrogens with one attached hydrogen (secondary N) is 1. The van der Waals surface area contributed by atoms with Crippen molar-refractivity contribution in [2.45, 2.75) is 6.42 Å². The van der Waals surface area contributed by atoms with Crippen LogP contribution in [-0.2, 0) is 4.79 Å². The minimum atomic E-state index is -0.421. The molecule has 108 valence electrons. The third-order valence-electron chi connectivity index (χ3n) is 3.44. The normalized spacial score (nSPS) is 16.0. The zero-order valence-electron chi connectivity index (χ0n) is 11.6. The number of nitrogens with zero attached hydrogens (tertiary/aromatic N) is 3. The number of hydrogen-bond acceptors (Lipinski definition) is 5. The Bertz CT molecular complexity index is 532. The molecule has 0 bridgehead atoms. The molecular formula is C13H18N4O3. The van der Waals surface area contributed by atoms with E-state index in [0.717, 1.165) is 6.42 Å². The van der Waals surface area contributed by atoms with Crippen LogP contribution in [0.4, 0.5) is 17.1 Å². The SMILES string of the molecule is CNc1cc(N2CCCN(C)C(=O)C2)cc([N+](=O)[O-])c1. The zero-order chi connectivity index (χ0) is 14.7. The van der Waals surface area contributed by atoms with Crippen LogP contribution in [0.15, 0.2) is 18.2 Å². The highest BCUT2D eigenvalue weighted by atomic mass is 16.6. The quantitative estimate of drug-likeness (QED) is 0.666. The van der Waals surface area contributed by atoms with E-state index in [2.05, 4.69) is 5.32 Å². The lowest BCUT2D eigenvalue weighted by Gasteiger charge is -2.22. The van der Waals surface area contributed by atoms with Crippen LogP contribution in [0.25, 0.3) is 0 Å². The van der Waals surface area contributed by atoms with E-state index >= 15 is 0 Å². The second-order valence-electron chi connectivity index (χ2n) is 4.84. The number of nitro benzene ring substituents is 1. The number of likely N-dealkylation sites (N-methyl/N-ethyl adjacent to an activating group) is 1. The molecule has 1 amide bonds. The smallest absolute Gasteiger partial charge is 0.273 e. The Labute approximate surface area is 117 Å². The standard InChI is InChI=1S/C13H18N4O3/c1-14-10-6-11(8-12(7-10)17(19)20)16-5-3-4-15(2)13(18)9-16/h6-8,14H,3-5,9H2,1-2H3. The average molecular weight is 278 g/mol. The lowest BCUT2D eigenvalue weighted by molar-refractivity contribution is -0.384. The van der Waals surface area contributed by atoms with Gasteiger partial charge in [-0.3, -0.25) is 14.9 Å². The van der Waals surface area contributed by atoms with Crippen molar-refractivity contribution in [2.75, 3.05) is 43.9 Å². The Morgan fingerprint density at radius 2 is 2.05 bits per heavy atom.